The van der Waals surface area contributed by atoms with E-state index in [1.807, 2.05) is 49.5 Å². The predicted molar refractivity (Wildman–Crippen MR) is 130 cm³/mol. The van der Waals surface area contributed by atoms with Crippen molar-refractivity contribution in [1.82, 2.24) is 20.3 Å². The zero-order valence-corrected chi connectivity index (χ0v) is 18.8. The molecule has 4 aromatic rings. The SMILES string of the molecule is CNCCC(=O)Nc1ccc2ncnc(Nc3ccc(OCc4ccccn4)c(Cl)c3)c2c1. The number of halogens is 1. The summed E-state index contributed by atoms with van der Waals surface area (Å²) in [6.45, 7) is 0.935. The number of nitrogens with one attached hydrogen (secondary N) is 3. The van der Waals surface area contributed by atoms with E-state index < -0.39 is 0 Å². The first kappa shape index (κ1) is 22.4. The molecular formula is C24H23ClN6O2. The van der Waals surface area contributed by atoms with E-state index in [0.29, 0.717) is 41.8 Å². The number of fused-ring (bicyclic) bond motifs is 1. The van der Waals surface area contributed by atoms with Crippen molar-refractivity contribution < 1.29 is 9.53 Å². The van der Waals surface area contributed by atoms with Crippen LogP contribution in [0.1, 0.15) is 12.1 Å². The molecule has 0 spiro atoms. The Morgan fingerprint density at radius 3 is 2.70 bits per heavy atom. The van der Waals surface area contributed by atoms with E-state index in [1.54, 1.807) is 18.3 Å². The van der Waals surface area contributed by atoms with Gasteiger partial charge in [0.25, 0.3) is 0 Å². The number of benzene rings is 2. The smallest absolute Gasteiger partial charge is 0.225 e. The Balaban J connectivity index is 1.50. The summed E-state index contributed by atoms with van der Waals surface area (Å²) < 4.78 is 5.79. The Morgan fingerprint density at radius 1 is 1.03 bits per heavy atom. The van der Waals surface area contributed by atoms with Crippen LogP contribution in [0.25, 0.3) is 10.9 Å². The van der Waals surface area contributed by atoms with Gasteiger partial charge in [-0.2, -0.15) is 0 Å². The fourth-order valence-corrected chi connectivity index (χ4v) is 3.40. The predicted octanol–water partition coefficient (Wildman–Crippen LogP) is 4.55. The topological polar surface area (TPSA) is 101 Å². The monoisotopic (exact) mass is 462 g/mol. The van der Waals surface area contributed by atoms with Crippen LogP contribution in [0, 0.1) is 0 Å². The van der Waals surface area contributed by atoms with E-state index >= 15 is 0 Å². The van der Waals surface area contributed by atoms with Gasteiger partial charge in [-0.15, -0.1) is 0 Å². The second-order valence-corrected chi connectivity index (χ2v) is 7.64. The van der Waals surface area contributed by atoms with Crippen LogP contribution in [-0.4, -0.2) is 34.5 Å². The molecule has 0 saturated carbocycles. The number of nitrogens with zero attached hydrogens (tertiary/aromatic N) is 3. The van der Waals surface area contributed by atoms with Crippen molar-refractivity contribution >= 4 is 45.6 Å². The van der Waals surface area contributed by atoms with Crippen LogP contribution in [0.2, 0.25) is 5.02 Å². The largest absolute Gasteiger partial charge is 0.486 e. The summed E-state index contributed by atoms with van der Waals surface area (Å²) in [6, 6.07) is 16.6. The second-order valence-electron chi connectivity index (χ2n) is 7.24. The van der Waals surface area contributed by atoms with E-state index in [9.17, 15) is 4.79 Å². The number of carbonyl (C=O) groups excluding carboxylic acids is 1. The molecule has 0 aliphatic carbocycles. The zero-order chi connectivity index (χ0) is 23.0. The molecule has 3 N–H and O–H groups in total. The summed E-state index contributed by atoms with van der Waals surface area (Å²) in [7, 11) is 1.81. The fraction of sp³-hybridized carbons (Fsp3) is 0.167. The molecule has 0 saturated heterocycles. The molecule has 0 fully saturated rings. The number of hydrogen-bond acceptors (Lipinski definition) is 7. The lowest BCUT2D eigenvalue weighted by atomic mass is 10.2. The Bertz CT molecular complexity index is 1250. The number of hydrogen-bond donors (Lipinski definition) is 3. The molecule has 0 aliphatic rings. The number of amides is 1. The Labute approximate surface area is 196 Å². The lowest BCUT2D eigenvalue weighted by Gasteiger charge is -2.12. The van der Waals surface area contributed by atoms with E-state index in [1.165, 1.54) is 6.33 Å². The third kappa shape index (κ3) is 5.94. The van der Waals surface area contributed by atoms with Crippen LogP contribution in [0.3, 0.4) is 0 Å². The highest BCUT2D eigenvalue weighted by Gasteiger charge is 2.10. The average molecular weight is 463 g/mol. The Morgan fingerprint density at radius 2 is 1.91 bits per heavy atom. The number of pyridine rings is 1. The van der Waals surface area contributed by atoms with E-state index in [4.69, 9.17) is 16.3 Å². The number of aromatic nitrogens is 3. The van der Waals surface area contributed by atoms with Gasteiger partial charge >= 0.3 is 0 Å². The van der Waals surface area contributed by atoms with Crippen LogP contribution in [0.5, 0.6) is 5.75 Å². The first-order valence-corrected chi connectivity index (χ1v) is 10.8. The van der Waals surface area contributed by atoms with Gasteiger partial charge < -0.3 is 20.7 Å². The molecule has 0 atom stereocenters. The molecular weight excluding hydrogens is 440 g/mol. The summed E-state index contributed by atoms with van der Waals surface area (Å²) in [5.41, 5.74) is 2.99. The molecule has 8 nitrogen and oxygen atoms in total. The van der Waals surface area contributed by atoms with Crippen molar-refractivity contribution in [2.45, 2.75) is 13.0 Å². The van der Waals surface area contributed by atoms with Crippen LogP contribution in [0.4, 0.5) is 17.2 Å². The highest BCUT2D eigenvalue weighted by Crippen LogP contribution is 2.31. The summed E-state index contributed by atoms with van der Waals surface area (Å²) in [4.78, 5) is 25.0. The maximum absolute atomic E-state index is 12.1. The van der Waals surface area contributed by atoms with Gasteiger partial charge in [-0.05, 0) is 55.6 Å². The van der Waals surface area contributed by atoms with Crippen molar-refractivity contribution in [2.24, 2.45) is 0 Å². The van der Waals surface area contributed by atoms with Crippen LogP contribution < -0.4 is 20.7 Å². The zero-order valence-electron chi connectivity index (χ0n) is 18.0. The molecule has 0 radical (unpaired) electrons. The highest BCUT2D eigenvalue weighted by molar-refractivity contribution is 6.32. The van der Waals surface area contributed by atoms with Gasteiger partial charge in [0.05, 0.1) is 16.2 Å². The van der Waals surface area contributed by atoms with Gasteiger partial charge in [-0.25, -0.2) is 9.97 Å². The number of carbonyl (C=O) groups is 1. The minimum atomic E-state index is -0.0665. The van der Waals surface area contributed by atoms with Gasteiger partial charge in [0.15, 0.2) is 0 Å². The minimum absolute atomic E-state index is 0.0665. The maximum atomic E-state index is 12.1. The van der Waals surface area contributed by atoms with Crippen molar-refractivity contribution in [3.05, 3.63) is 77.8 Å². The molecule has 1 amide bonds. The van der Waals surface area contributed by atoms with Crippen molar-refractivity contribution in [1.29, 1.82) is 0 Å². The molecule has 4 rings (SSSR count). The number of ether oxygens (including phenoxy) is 1. The third-order valence-electron chi connectivity index (χ3n) is 4.82. The lowest BCUT2D eigenvalue weighted by molar-refractivity contribution is -0.116. The number of rotatable bonds is 9. The standard InChI is InChI=1S/C24H23ClN6O2/c1-26-11-9-23(32)30-16-5-7-21-19(12-16)24(29-15-28-21)31-17-6-8-22(20(25)13-17)33-14-18-4-2-3-10-27-18/h2-8,10,12-13,15,26H,9,11,14H2,1H3,(H,30,32)(H,28,29,31). The maximum Gasteiger partial charge on any atom is 0.225 e. The lowest BCUT2D eigenvalue weighted by Crippen LogP contribution is -2.18. The summed E-state index contributed by atoms with van der Waals surface area (Å²) in [6.07, 6.45) is 3.60. The van der Waals surface area contributed by atoms with Gasteiger partial charge in [0.2, 0.25) is 5.91 Å². The Kier molecular flexibility index (Phi) is 7.29. The molecule has 2 heterocycles. The normalized spacial score (nSPS) is 10.7. The first-order chi connectivity index (χ1) is 16.1. The van der Waals surface area contributed by atoms with Crippen molar-refractivity contribution in [3.63, 3.8) is 0 Å². The number of anilines is 3. The molecule has 9 heteroatoms. The fourth-order valence-electron chi connectivity index (χ4n) is 3.16. The molecule has 2 aromatic heterocycles. The van der Waals surface area contributed by atoms with Crippen molar-refractivity contribution in [3.8, 4) is 5.75 Å². The first-order valence-electron chi connectivity index (χ1n) is 10.4. The average Bonchev–Trinajstić information content (AvgIpc) is 2.83. The molecule has 2 aromatic carbocycles. The summed E-state index contributed by atoms with van der Waals surface area (Å²) in [5.74, 6) is 1.10. The Hall–Kier alpha value is -3.75. The third-order valence-corrected chi connectivity index (χ3v) is 5.11. The van der Waals surface area contributed by atoms with Gasteiger partial charge in [0, 0.05) is 35.9 Å². The van der Waals surface area contributed by atoms with Crippen molar-refractivity contribution in [2.75, 3.05) is 24.2 Å². The minimum Gasteiger partial charge on any atom is -0.486 e. The van der Waals surface area contributed by atoms with E-state index in [2.05, 4.69) is 30.9 Å². The van der Waals surface area contributed by atoms with E-state index in [-0.39, 0.29) is 5.91 Å². The van der Waals surface area contributed by atoms with Crippen LogP contribution in [-0.2, 0) is 11.4 Å². The second kappa shape index (κ2) is 10.7. The molecule has 0 aliphatic heterocycles. The molecule has 0 bridgehead atoms. The summed E-state index contributed by atoms with van der Waals surface area (Å²) >= 11 is 6.43. The highest BCUT2D eigenvalue weighted by atomic mass is 35.5. The van der Waals surface area contributed by atoms with Crippen LogP contribution in [0.15, 0.2) is 67.1 Å². The van der Waals surface area contributed by atoms with Gasteiger partial charge in [0.1, 0.15) is 24.5 Å². The van der Waals surface area contributed by atoms with Gasteiger partial charge in [-0.3, -0.25) is 9.78 Å². The van der Waals surface area contributed by atoms with Crippen LogP contribution >= 0.6 is 11.6 Å². The molecule has 33 heavy (non-hydrogen) atoms. The van der Waals surface area contributed by atoms with Gasteiger partial charge in [-0.1, -0.05) is 17.7 Å². The van der Waals surface area contributed by atoms with E-state index in [0.717, 1.165) is 22.3 Å². The summed E-state index contributed by atoms with van der Waals surface area (Å²) in [5, 5.41) is 10.4. The molecule has 168 valence electrons. The molecule has 0 unspecified atom stereocenters. The quantitative estimate of drug-likeness (QED) is 0.335.